The quantitative estimate of drug-likeness (QED) is 0.458. The van der Waals surface area contributed by atoms with Crippen molar-refractivity contribution in [3.63, 3.8) is 0 Å². The van der Waals surface area contributed by atoms with Crippen molar-refractivity contribution in [2.75, 3.05) is 0 Å². The van der Waals surface area contributed by atoms with Gasteiger partial charge in [-0.2, -0.15) is 0 Å². The van der Waals surface area contributed by atoms with Crippen molar-refractivity contribution in [2.45, 2.75) is 6.92 Å². The number of imidazole rings is 1. The van der Waals surface area contributed by atoms with Crippen molar-refractivity contribution in [1.82, 2.24) is 19.5 Å². The molecule has 26 heavy (non-hydrogen) atoms. The second kappa shape index (κ2) is 5.77. The number of hydrogen-bond acceptors (Lipinski definition) is 3. The van der Waals surface area contributed by atoms with Gasteiger partial charge in [0.15, 0.2) is 11.3 Å². The van der Waals surface area contributed by atoms with Crippen molar-refractivity contribution in [1.29, 1.82) is 0 Å². The molecule has 0 unspecified atom stereocenters. The summed E-state index contributed by atoms with van der Waals surface area (Å²) in [5.74, 6) is 0.849. The van der Waals surface area contributed by atoms with E-state index in [0.717, 1.165) is 22.7 Å². The number of fused-ring (bicyclic) bond motifs is 2. The first kappa shape index (κ1) is 14.8. The Kier molecular flexibility index (Phi) is 3.28. The monoisotopic (exact) mass is 336 g/mol. The van der Waals surface area contributed by atoms with Crippen molar-refractivity contribution in [3.05, 3.63) is 84.7 Å². The largest absolute Gasteiger partial charge is 0.275 e. The van der Waals surface area contributed by atoms with Crippen LogP contribution < -0.4 is 0 Å². The zero-order valence-corrected chi connectivity index (χ0v) is 14.3. The summed E-state index contributed by atoms with van der Waals surface area (Å²) < 4.78 is 2.08. The Bertz CT molecular complexity index is 1240. The van der Waals surface area contributed by atoms with Crippen LogP contribution in [0.3, 0.4) is 0 Å². The van der Waals surface area contributed by atoms with Gasteiger partial charge in [-0.15, -0.1) is 0 Å². The van der Waals surface area contributed by atoms with E-state index in [2.05, 4.69) is 88.2 Å². The zero-order chi connectivity index (χ0) is 17.5. The van der Waals surface area contributed by atoms with Crippen LogP contribution in [0.15, 0.2) is 79.1 Å². The number of hydrogen-bond donors (Lipinski definition) is 0. The molecular formula is C22H16N4. The van der Waals surface area contributed by atoms with Crippen LogP contribution in [-0.4, -0.2) is 19.5 Å². The van der Waals surface area contributed by atoms with Crippen LogP contribution in [0.4, 0.5) is 0 Å². The number of rotatable bonds is 2. The van der Waals surface area contributed by atoms with E-state index in [1.807, 2.05) is 0 Å². The lowest BCUT2D eigenvalue weighted by Gasteiger charge is -2.10. The molecule has 0 radical (unpaired) electrons. The van der Waals surface area contributed by atoms with Gasteiger partial charge in [-0.3, -0.25) is 4.57 Å². The molecule has 0 aliphatic rings. The fourth-order valence-electron chi connectivity index (χ4n) is 3.27. The van der Waals surface area contributed by atoms with Crippen molar-refractivity contribution in [2.24, 2.45) is 0 Å². The number of aryl methyl sites for hydroxylation is 1. The van der Waals surface area contributed by atoms with Gasteiger partial charge in [0, 0.05) is 23.6 Å². The lowest BCUT2D eigenvalue weighted by atomic mass is 10.1. The smallest absolute Gasteiger partial charge is 0.198 e. The number of aromatic nitrogens is 4. The summed E-state index contributed by atoms with van der Waals surface area (Å²) in [6, 6.07) is 23.1. The topological polar surface area (TPSA) is 43.6 Å². The summed E-state index contributed by atoms with van der Waals surface area (Å²) in [4.78, 5) is 13.7. The number of nitrogens with zero attached hydrogens (tertiary/aromatic N) is 4. The highest BCUT2D eigenvalue weighted by Gasteiger charge is 2.16. The summed E-state index contributed by atoms with van der Waals surface area (Å²) in [6.07, 6.45) is 3.39. The molecule has 0 amide bonds. The van der Waals surface area contributed by atoms with Gasteiger partial charge < -0.3 is 0 Å². The predicted octanol–water partition coefficient (Wildman–Crippen LogP) is 4.94. The first-order valence-corrected chi connectivity index (χ1v) is 8.55. The summed E-state index contributed by atoms with van der Waals surface area (Å²) in [6.45, 7) is 2.08. The van der Waals surface area contributed by atoms with Gasteiger partial charge in [-0.05, 0) is 29.8 Å². The fourth-order valence-corrected chi connectivity index (χ4v) is 3.27. The standard InChI is InChI=1S/C22H16N4/c1-15-6-8-17(9-7-15)21-25-20-22(24-13-12-23-20)26(21)19-11-10-16-4-2-3-5-18(16)14-19/h2-14H,1H3. The van der Waals surface area contributed by atoms with Gasteiger partial charge in [0.2, 0.25) is 0 Å². The molecule has 5 rings (SSSR count). The Labute approximate surface area is 150 Å². The highest BCUT2D eigenvalue weighted by Crippen LogP contribution is 2.28. The Morgan fingerprint density at radius 1 is 0.769 bits per heavy atom. The van der Waals surface area contributed by atoms with Crippen LogP contribution in [0, 0.1) is 6.92 Å². The van der Waals surface area contributed by atoms with Crippen molar-refractivity contribution < 1.29 is 0 Å². The Balaban J connectivity index is 1.82. The first-order chi connectivity index (χ1) is 12.8. The summed E-state index contributed by atoms with van der Waals surface area (Å²) in [5.41, 5.74) is 4.71. The van der Waals surface area contributed by atoms with E-state index in [1.54, 1.807) is 12.4 Å². The van der Waals surface area contributed by atoms with E-state index >= 15 is 0 Å². The molecule has 2 aromatic heterocycles. The fraction of sp³-hybridized carbons (Fsp3) is 0.0455. The Hall–Kier alpha value is -3.53. The highest BCUT2D eigenvalue weighted by atomic mass is 15.2. The molecule has 2 heterocycles. The van der Waals surface area contributed by atoms with Gasteiger partial charge in [0.25, 0.3) is 0 Å². The SMILES string of the molecule is Cc1ccc(-c2nc3nccnc3n2-c2ccc3ccccc3c2)cc1. The molecule has 4 heteroatoms. The molecule has 0 fully saturated rings. The predicted molar refractivity (Wildman–Crippen MR) is 104 cm³/mol. The summed E-state index contributed by atoms with van der Waals surface area (Å²) in [7, 11) is 0. The maximum Gasteiger partial charge on any atom is 0.198 e. The van der Waals surface area contributed by atoms with E-state index in [4.69, 9.17) is 4.98 Å². The second-order valence-corrected chi connectivity index (χ2v) is 6.37. The van der Waals surface area contributed by atoms with E-state index in [1.165, 1.54) is 16.3 Å². The molecule has 0 saturated carbocycles. The molecule has 124 valence electrons. The molecular weight excluding hydrogens is 320 g/mol. The van der Waals surface area contributed by atoms with Crippen molar-refractivity contribution >= 4 is 22.1 Å². The van der Waals surface area contributed by atoms with Gasteiger partial charge in [0.1, 0.15) is 5.82 Å². The maximum absolute atomic E-state index is 4.76. The lowest BCUT2D eigenvalue weighted by Crippen LogP contribution is -1.99. The normalized spacial score (nSPS) is 11.3. The molecule has 0 aliphatic carbocycles. The highest BCUT2D eigenvalue weighted by molar-refractivity contribution is 5.86. The van der Waals surface area contributed by atoms with Crippen LogP contribution in [0.5, 0.6) is 0 Å². The molecule has 4 nitrogen and oxygen atoms in total. The van der Waals surface area contributed by atoms with Crippen LogP contribution in [0.1, 0.15) is 5.56 Å². The van der Waals surface area contributed by atoms with E-state index in [0.29, 0.717) is 5.65 Å². The molecule has 0 spiro atoms. The van der Waals surface area contributed by atoms with Gasteiger partial charge in [0.05, 0.1) is 0 Å². The molecule has 0 bridgehead atoms. The van der Waals surface area contributed by atoms with Gasteiger partial charge in [-0.25, -0.2) is 15.0 Å². The van der Waals surface area contributed by atoms with E-state index in [-0.39, 0.29) is 0 Å². The average molecular weight is 336 g/mol. The third kappa shape index (κ3) is 2.35. The second-order valence-electron chi connectivity index (χ2n) is 6.37. The minimum Gasteiger partial charge on any atom is -0.275 e. The average Bonchev–Trinajstić information content (AvgIpc) is 3.07. The third-order valence-electron chi connectivity index (χ3n) is 4.60. The van der Waals surface area contributed by atoms with Crippen LogP contribution >= 0.6 is 0 Å². The molecule has 0 N–H and O–H groups in total. The van der Waals surface area contributed by atoms with Crippen LogP contribution in [-0.2, 0) is 0 Å². The molecule has 0 saturated heterocycles. The maximum atomic E-state index is 4.76. The molecule has 5 aromatic rings. The summed E-state index contributed by atoms with van der Waals surface area (Å²) in [5, 5.41) is 2.40. The molecule has 3 aromatic carbocycles. The van der Waals surface area contributed by atoms with E-state index < -0.39 is 0 Å². The van der Waals surface area contributed by atoms with Gasteiger partial charge in [-0.1, -0.05) is 60.2 Å². The number of benzene rings is 3. The minimum atomic E-state index is 0.649. The lowest BCUT2D eigenvalue weighted by molar-refractivity contribution is 1.08. The Morgan fingerprint density at radius 3 is 2.38 bits per heavy atom. The Morgan fingerprint density at radius 2 is 1.54 bits per heavy atom. The van der Waals surface area contributed by atoms with Gasteiger partial charge >= 0.3 is 0 Å². The molecule has 0 atom stereocenters. The first-order valence-electron chi connectivity index (χ1n) is 8.55. The van der Waals surface area contributed by atoms with E-state index in [9.17, 15) is 0 Å². The minimum absolute atomic E-state index is 0.649. The third-order valence-corrected chi connectivity index (χ3v) is 4.60. The zero-order valence-electron chi connectivity index (χ0n) is 14.3. The van der Waals surface area contributed by atoms with Crippen molar-refractivity contribution in [3.8, 4) is 17.1 Å². The molecule has 0 aliphatic heterocycles. The van der Waals surface area contributed by atoms with Crippen LogP contribution in [0.25, 0.3) is 39.1 Å². The summed E-state index contributed by atoms with van der Waals surface area (Å²) >= 11 is 0. The van der Waals surface area contributed by atoms with Crippen LogP contribution in [0.2, 0.25) is 0 Å².